The topological polar surface area (TPSA) is 77.8 Å². The van der Waals surface area contributed by atoms with Crippen LogP contribution in [0.5, 0.6) is 0 Å². The summed E-state index contributed by atoms with van der Waals surface area (Å²) in [6, 6.07) is 0. The molecule has 6 heteroatoms. The highest BCUT2D eigenvalue weighted by Crippen LogP contribution is 2.25. The molecule has 0 aromatic heterocycles. The number of rotatable bonds is 5. The molecule has 0 aliphatic rings. The Morgan fingerprint density at radius 1 is 1.07 bits per heavy atom. The largest absolute Gasteiger partial charge is 0.466 e. The van der Waals surface area contributed by atoms with Gasteiger partial charge in [-0.05, 0) is 19.8 Å². The fourth-order valence-electron chi connectivity index (χ4n) is 0.948. The van der Waals surface area contributed by atoms with Gasteiger partial charge in [0.15, 0.2) is 0 Å². The average Bonchev–Trinajstić information content (AvgIpc) is 2.02. The summed E-state index contributed by atoms with van der Waals surface area (Å²) >= 11 is 0. The van der Waals surface area contributed by atoms with Gasteiger partial charge < -0.3 is 19.2 Å². The monoisotopic (exact) mass is 242 g/mol. The second kappa shape index (κ2) is 8.25. The lowest BCUT2D eigenvalue weighted by molar-refractivity contribution is -0.888. The van der Waals surface area contributed by atoms with Crippen molar-refractivity contribution in [3.05, 3.63) is 0 Å². The van der Waals surface area contributed by atoms with Crippen LogP contribution < -0.4 is 0 Å². The quantitative estimate of drug-likeness (QED) is 0.386. The van der Waals surface area contributed by atoms with Gasteiger partial charge in [0.25, 0.3) is 0 Å². The third-order valence-corrected chi connectivity index (χ3v) is 2.22. The smallest absolute Gasteiger partial charge is 0.329 e. The van der Waals surface area contributed by atoms with Crippen LogP contribution in [-0.2, 0) is 4.57 Å². The van der Waals surface area contributed by atoms with Crippen LogP contribution >= 0.6 is 7.82 Å². The van der Waals surface area contributed by atoms with Crippen molar-refractivity contribution in [3.63, 3.8) is 0 Å². The third kappa shape index (κ3) is 24.9. The first kappa shape index (κ1) is 17.5. The molecule has 0 spiro atoms. The molecule has 0 aliphatic carbocycles. The second-order valence-corrected chi connectivity index (χ2v) is 5.22. The molecular weight excluding hydrogens is 217 g/mol. The van der Waals surface area contributed by atoms with Gasteiger partial charge in [0.05, 0.1) is 27.2 Å². The number of quaternary nitrogens is 1. The van der Waals surface area contributed by atoms with Crippen LogP contribution in [0, 0.1) is 0 Å². The number of hydrogen-bond acceptors (Lipinski definition) is 1. The molecule has 0 heterocycles. The zero-order chi connectivity index (χ0) is 12.5. The van der Waals surface area contributed by atoms with E-state index in [0.29, 0.717) is 0 Å². The lowest BCUT2D eigenvalue weighted by atomic mass is 10.2. The van der Waals surface area contributed by atoms with E-state index in [0.717, 1.165) is 0 Å². The molecule has 3 N–H and O–H groups in total. The van der Waals surface area contributed by atoms with Crippen LogP contribution in [0.4, 0.5) is 0 Å². The SMILES string of the molecule is CCCCC[N+](C)(C)CC.O=P(O)(O)O. The predicted molar refractivity (Wildman–Crippen MR) is 61.3 cm³/mol. The summed E-state index contributed by atoms with van der Waals surface area (Å²) in [6.07, 6.45) is 4.11. The van der Waals surface area contributed by atoms with Gasteiger partial charge in [-0.15, -0.1) is 0 Å². The fourth-order valence-corrected chi connectivity index (χ4v) is 0.948. The summed E-state index contributed by atoms with van der Waals surface area (Å²) in [4.78, 5) is 21.6. The van der Waals surface area contributed by atoms with Crippen LogP contribution in [0.3, 0.4) is 0 Å². The van der Waals surface area contributed by atoms with Crippen molar-refractivity contribution in [1.82, 2.24) is 0 Å². The summed E-state index contributed by atoms with van der Waals surface area (Å²) in [5, 5.41) is 0. The molecule has 5 nitrogen and oxygen atoms in total. The average molecular weight is 242 g/mol. The maximum Gasteiger partial charge on any atom is 0.466 e. The molecule has 0 unspecified atom stereocenters. The van der Waals surface area contributed by atoms with Crippen LogP contribution in [0.1, 0.15) is 33.1 Å². The Balaban J connectivity index is 0. The molecule has 0 radical (unpaired) electrons. The van der Waals surface area contributed by atoms with Crippen LogP contribution in [0.25, 0.3) is 0 Å². The molecular formula is C9H25NO4P+. The van der Waals surface area contributed by atoms with Crippen molar-refractivity contribution in [1.29, 1.82) is 0 Å². The highest BCUT2D eigenvalue weighted by atomic mass is 31.2. The minimum atomic E-state index is -4.64. The van der Waals surface area contributed by atoms with Crippen LogP contribution in [0.2, 0.25) is 0 Å². The summed E-state index contributed by atoms with van der Waals surface area (Å²) in [6.45, 7) is 7.10. The summed E-state index contributed by atoms with van der Waals surface area (Å²) in [7, 11) is -0.0364. The van der Waals surface area contributed by atoms with Crippen molar-refractivity contribution in [2.24, 2.45) is 0 Å². The van der Waals surface area contributed by atoms with E-state index in [-0.39, 0.29) is 0 Å². The molecule has 94 valence electrons. The zero-order valence-electron chi connectivity index (χ0n) is 10.2. The molecule has 0 saturated carbocycles. The van der Waals surface area contributed by atoms with Crippen LogP contribution in [0.15, 0.2) is 0 Å². The van der Waals surface area contributed by atoms with Gasteiger partial charge in [0.2, 0.25) is 0 Å². The molecule has 0 aliphatic heterocycles. The predicted octanol–water partition coefficient (Wildman–Crippen LogP) is 1.34. The number of hydrogen-bond donors (Lipinski definition) is 3. The normalized spacial score (nSPS) is 11.9. The van der Waals surface area contributed by atoms with E-state index in [2.05, 4.69) is 27.9 Å². The van der Waals surface area contributed by atoms with Crippen molar-refractivity contribution in [2.45, 2.75) is 33.1 Å². The minimum absolute atomic E-state index is 1.18. The van der Waals surface area contributed by atoms with E-state index >= 15 is 0 Å². The van der Waals surface area contributed by atoms with Gasteiger partial charge in [-0.2, -0.15) is 0 Å². The molecule has 0 saturated heterocycles. The van der Waals surface area contributed by atoms with Crippen molar-refractivity contribution in [2.75, 3.05) is 27.2 Å². The summed E-state index contributed by atoms with van der Waals surface area (Å²) < 4.78 is 10.1. The minimum Gasteiger partial charge on any atom is -0.329 e. The molecule has 0 bridgehead atoms. The molecule has 0 amide bonds. The Kier molecular flexibility index (Phi) is 9.60. The Bertz CT molecular complexity index is 182. The highest BCUT2D eigenvalue weighted by molar-refractivity contribution is 7.45. The lowest BCUT2D eigenvalue weighted by Crippen LogP contribution is -2.39. The maximum absolute atomic E-state index is 8.88. The first-order valence-electron chi connectivity index (χ1n) is 5.22. The lowest BCUT2D eigenvalue weighted by Gasteiger charge is -2.27. The Morgan fingerprint density at radius 3 is 1.73 bits per heavy atom. The molecule has 0 aromatic carbocycles. The van der Waals surface area contributed by atoms with Gasteiger partial charge in [0, 0.05) is 0 Å². The molecule has 0 aromatic rings. The fraction of sp³-hybridized carbons (Fsp3) is 1.00. The van der Waals surface area contributed by atoms with Gasteiger partial charge in [-0.25, -0.2) is 4.57 Å². The number of unbranched alkanes of at least 4 members (excludes halogenated alkanes) is 2. The van der Waals surface area contributed by atoms with Gasteiger partial charge >= 0.3 is 7.82 Å². The second-order valence-electron chi connectivity index (χ2n) is 4.20. The van der Waals surface area contributed by atoms with Crippen molar-refractivity contribution in [3.8, 4) is 0 Å². The van der Waals surface area contributed by atoms with E-state index in [1.807, 2.05) is 0 Å². The van der Waals surface area contributed by atoms with E-state index in [4.69, 9.17) is 19.2 Å². The highest BCUT2D eigenvalue weighted by Gasteiger charge is 2.09. The summed E-state index contributed by atoms with van der Waals surface area (Å²) in [5.41, 5.74) is 0. The van der Waals surface area contributed by atoms with Gasteiger partial charge in [-0.3, -0.25) is 0 Å². The van der Waals surface area contributed by atoms with Crippen LogP contribution in [-0.4, -0.2) is 46.3 Å². The van der Waals surface area contributed by atoms with Gasteiger partial charge in [0.1, 0.15) is 0 Å². The van der Waals surface area contributed by atoms with Crippen molar-refractivity contribution >= 4 is 7.82 Å². The Morgan fingerprint density at radius 2 is 1.47 bits per heavy atom. The molecule has 0 fully saturated rings. The first-order valence-corrected chi connectivity index (χ1v) is 6.79. The third-order valence-electron chi connectivity index (χ3n) is 2.22. The Hall–Kier alpha value is 0.0700. The van der Waals surface area contributed by atoms with Gasteiger partial charge in [-0.1, -0.05) is 13.3 Å². The summed E-state index contributed by atoms with van der Waals surface area (Å²) in [5.74, 6) is 0. The maximum atomic E-state index is 8.88. The van der Waals surface area contributed by atoms with E-state index in [9.17, 15) is 0 Å². The van der Waals surface area contributed by atoms with Crippen molar-refractivity contribution < 1.29 is 23.7 Å². The Labute approximate surface area is 92.6 Å². The number of phosphoric acid groups is 1. The van der Waals surface area contributed by atoms with E-state index in [1.165, 1.54) is 36.8 Å². The number of nitrogens with zero attached hydrogens (tertiary/aromatic N) is 1. The molecule has 15 heavy (non-hydrogen) atoms. The van der Waals surface area contributed by atoms with E-state index < -0.39 is 7.82 Å². The van der Waals surface area contributed by atoms with E-state index in [1.54, 1.807) is 0 Å². The zero-order valence-corrected chi connectivity index (χ0v) is 11.1. The standard InChI is InChI=1S/C9H22N.H3O4P/c1-5-7-8-9-10(3,4)6-2;1-5(2,3)4/h5-9H2,1-4H3;(H3,1,2,3,4)/q+1;. The first-order chi connectivity index (χ1) is 6.62. The molecule has 0 atom stereocenters. The molecule has 0 rings (SSSR count).